The molecule has 3 atom stereocenters. The molecule has 2 aliphatic rings. The summed E-state index contributed by atoms with van der Waals surface area (Å²) in [6.45, 7) is 5.73. The van der Waals surface area contributed by atoms with Crippen LogP contribution in [0.1, 0.15) is 46.5 Å². The number of nitrogens with one attached hydrogen (secondary N) is 1. The third-order valence-electron chi connectivity index (χ3n) is 4.60. The number of hydrogen-bond acceptors (Lipinski definition) is 7. The van der Waals surface area contributed by atoms with Crippen molar-refractivity contribution in [1.29, 1.82) is 0 Å². The highest BCUT2D eigenvalue weighted by molar-refractivity contribution is 7.99. The summed E-state index contributed by atoms with van der Waals surface area (Å²) < 4.78 is 10.5. The van der Waals surface area contributed by atoms with Crippen molar-refractivity contribution in [2.45, 2.75) is 69.0 Å². The molecule has 2 saturated heterocycles. The number of esters is 1. The second kappa shape index (κ2) is 8.04. The van der Waals surface area contributed by atoms with Gasteiger partial charge in [-0.2, -0.15) is 0 Å². The van der Waals surface area contributed by atoms with Crippen LogP contribution in [0.25, 0.3) is 0 Å². The van der Waals surface area contributed by atoms with Gasteiger partial charge in [0, 0.05) is 13.0 Å². The highest BCUT2D eigenvalue weighted by Crippen LogP contribution is 2.39. The van der Waals surface area contributed by atoms with Gasteiger partial charge in [-0.3, -0.25) is 15.0 Å². The number of rotatable bonds is 4. The van der Waals surface area contributed by atoms with Gasteiger partial charge >= 0.3 is 18.0 Å². The molecule has 0 aromatic rings. The van der Waals surface area contributed by atoms with E-state index < -0.39 is 35.2 Å². The van der Waals surface area contributed by atoms with Crippen LogP contribution in [0, 0.1) is 0 Å². The van der Waals surface area contributed by atoms with E-state index in [1.165, 1.54) is 12.0 Å². The summed E-state index contributed by atoms with van der Waals surface area (Å²) in [6.07, 6.45) is 1.39. The number of thioether (sulfide) groups is 1. The Morgan fingerprint density at radius 3 is 2.62 bits per heavy atom. The lowest BCUT2D eigenvalue weighted by Crippen LogP contribution is -2.58. The molecule has 26 heavy (non-hydrogen) atoms. The summed E-state index contributed by atoms with van der Waals surface area (Å²) >= 11 is 1.56. The maximum atomic E-state index is 12.7. The van der Waals surface area contributed by atoms with Crippen LogP contribution in [0.15, 0.2) is 0 Å². The molecule has 2 rings (SSSR count). The van der Waals surface area contributed by atoms with E-state index in [-0.39, 0.29) is 11.8 Å². The lowest BCUT2D eigenvalue weighted by molar-refractivity contribution is -0.153. The Hall–Kier alpha value is -1.48. The Kier molecular flexibility index (Phi) is 6.44. The van der Waals surface area contributed by atoms with Gasteiger partial charge in [0.15, 0.2) is 0 Å². The zero-order valence-electron chi connectivity index (χ0n) is 15.7. The van der Waals surface area contributed by atoms with Gasteiger partial charge in [-0.05, 0) is 45.8 Å². The first-order valence-electron chi connectivity index (χ1n) is 8.78. The number of nitrogens with zero attached hydrogens (tertiary/aromatic N) is 1. The van der Waals surface area contributed by atoms with Gasteiger partial charge in [0.1, 0.15) is 17.2 Å². The van der Waals surface area contributed by atoms with Crippen molar-refractivity contribution in [3.63, 3.8) is 0 Å². The van der Waals surface area contributed by atoms with Crippen LogP contribution < -0.4 is 5.32 Å². The molecule has 1 unspecified atom stereocenters. The van der Waals surface area contributed by atoms with E-state index in [4.69, 9.17) is 9.47 Å². The zero-order valence-corrected chi connectivity index (χ0v) is 16.6. The second-order valence-electron chi connectivity index (χ2n) is 7.67. The molecular weight excluding hydrogens is 360 g/mol. The Balaban J connectivity index is 2.22. The van der Waals surface area contributed by atoms with Crippen LogP contribution >= 0.6 is 11.8 Å². The molecule has 2 heterocycles. The van der Waals surface area contributed by atoms with Crippen molar-refractivity contribution in [3.8, 4) is 0 Å². The van der Waals surface area contributed by atoms with E-state index in [1.807, 2.05) is 0 Å². The minimum Gasteiger partial charge on any atom is -0.480 e. The fraction of sp³-hybridized carbons (Fsp3) is 0.824. The number of methoxy groups -OCH3 is 1. The molecule has 2 N–H and O–H groups in total. The minimum atomic E-state index is -1.14. The summed E-state index contributed by atoms with van der Waals surface area (Å²) in [5.74, 6) is -0.711. The lowest BCUT2D eigenvalue weighted by atomic mass is 9.91. The minimum absolute atomic E-state index is 0.257. The number of aliphatic carboxylic acids is 1. The van der Waals surface area contributed by atoms with Crippen LogP contribution in [0.5, 0.6) is 0 Å². The summed E-state index contributed by atoms with van der Waals surface area (Å²) in [5, 5.41) is 12.1. The average molecular weight is 388 g/mol. The van der Waals surface area contributed by atoms with Crippen molar-refractivity contribution in [3.05, 3.63) is 0 Å². The maximum Gasteiger partial charge on any atom is 0.411 e. The Morgan fingerprint density at radius 2 is 2.04 bits per heavy atom. The number of carboxylic acids is 1. The number of carbonyl (C=O) groups excluding carboxylic acids is 2. The first-order valence-corrected chi connectivity index (χ1v) is 9.83. The number of carbonyl (C=O) groups is 3. The quantitative estimate of drug-likeness (QED) is 0.703. The highest BCUT2D eigenvalue weighted by Gasteiger charge is 2.53. The molecule has 0 spiro atoms. The molecule has 0 bridgehead atoms. The van der Waals surface area contributed by atoms with Gasteiger partial charge in [0.2, 0.25) is 0 Å². The fourth-order valence-electron chi connectivity index (χ4n) is 3.46. The van der Waals surface area contributed by atoms with E-state index in [1.54, 1.807) is 32.5 Å². The molecular formula is C17H28N2O6S. The number of hydrogen-bond donors (Lipinski definition) is 2. The summed E-state index contributed by atoms with van der Waals surface area (Å²) in [7, 11) is 1.30. The van der Waals surface area contributed by atoms with Gasteiger partial charge < -0.3 is 14.6 Å². The molecule has 1 amide bonds. The predicted molar refractivity (Wildman–Crippen MR) is 97.0 cm³/mol. The van der Waals surface area contributed by atoms with Crippen molar-refractivity contribution in [1.82, 2.24) is 10.2 Å². The Bertz CT molecular complexity index is 564. The van der Waals surface area contributed by atoms with Crippen LogP contribution in [0.2, 0.25) is 0 Å². The number of ether oxygens (including phenoxy) is 2. The van der Waals surface area contributed by atoms with Gasteiger partial charge in [0.05, 0.1) is 12.5 Å². The topological polar surface area (TPSA) is 105 Å². The smallest absolute Gasteiger partial charge is 0.411 e. The van der Waals surface area contributed by atoms with Crippen molar-refractivity contribution < 1.29 is 29.0 Å². The van der Waals surface area contributed by atoms with Crippen LogP contribution in [-0.2, 0) is 19.1 Å². The van der Waals surface area contributed by atoms with E-state index in [0.29, 0.717) is 31.6 Å². The second-order valence-corrected chi connectivity index (χ2v) is 8.98. The van der Waals surface area contributed by atoms with Gasteiger partial charge in [-0.15, -0.1) is 11.8 Å². The average Bonchev–Trinajstić information content (AvgIpc) is 2.97. The molecule has 0 aromatic heterocycles. The molecule has 9 heteroatoms. The highest BCUT2D eigenvalue weighted by atomic mass is 32.2. The van der Waals surface area contributed by atoms with E-state index in [9.17, 15) is 19.5 Å². The largest absolute Gasteiger partial charge is 0.480 e. The molecule has 0 radical (unpaired) electrons. The number of likely N-dealkylation sites (tertiary alicyclic amines) is 1. The molecule has 8 nitrogen and oxygen atoms in total. The normalized spacial score (nSPS) is 29.3. The molecule has 2 fully saturated rings. The Morgan fingerprint density at radius 1 is 1.35 bits per heavy atom. The van der Waals surface area contributed by atoms with Crippen molar-refractivity contribution >= 4 is 29.8 Å². The lowest BCUT2D eigenvalue weighted by Gasteiger charge is -2.40. The first-order chi connectivity index (χ1) is 12.1. The summed E-state index contributed by atoms with van der Waals surface area (Å²) in [6, 6.07) is -0.646. The Labute approximate surface area is 158 Å². The maximum absolute atomic E-state index is 12.7. The molecule has 148 valence electrons. The molecule has 0 aromatic carbocycles. The van der Waals surface area contributed by atoms with Crippen molar-refractivity contribution in [2.75, 3.05) is 19.4 Å². The monoisotopic (exact) mass is 388 g/mol. The fourth-order valence-corrected chi connectivity index (χ4v) is 4.77. The van der Waals surface area contributed by atoms with Crippen molar-refractivity contribution in [2.24, 2.45) is 0 Å². The number of carboxylic acid groups (broad SMARTS) is 1. The van der Waals surface area contributed by atoms with Gasteiger partial charge in [0.25, 0.3) is 0 Å². The van der Waals surface area contributed by atoms with Gasteiger partial charge in [-0.25, -0.2) is 9.59 Å². The third kappa shape index (κ3) is 4.62. The predicted octanol–water partition coefficient (Wildman–Crippen LogP) is 1.82. The van der Waals surface area contributed by atoms with E-state index in [0.717, 1.165) is 0 Å². The van der Waals surface area contributed by atoms with Crippen LogP contribution in [0.3, 0.4) is 0 Å². The summed E-state index contributed by atoms with van der Waals surface area (Å²) in [5.41, 5.74) is -1.81. The summed E-state index contributed by atoms with van der Waals surface area (Å²) in [4.78, 5) is 38.1. The van der Waals surface area contributed by atoms with E-state index >= 15 is 0 Å². The van der Waals surface area contributed by atoms with E-state index in [2.05, 4.69) is 5.32 Å². The standard InChI is InChI=1S/C17H28N2O6S/c1-16(2,3)25-15(23)19-8-5-7-17(19,14(22)24-4)10-12-18-11(13(20)21)6-9-26-12/h11-12,18H,5-10H2,1-4H3,(H,20,21)/t11-,12?,17-/m1/s1. The molecule has 0 saturated carbocycles. The first kappa shape index (κ1) is 20.8. The molecule has 0 aliphatic carbocycles. The molecule has 2 aliphatic heterocycles. The van der Waals surface area contributed by atoms with Crippen LogP contribution in [0.4, 0.5) is 4.79 Å². The zero-order chi connectivity index (χ0) is 19.5. The van der Waals surface area contributed by atoms with Crippen LogP contribution in [-0.4, -0.2) is 70.0 Å². The third-order valence-corrected chi connectivity index (χ3v) is 5.78. The van der Waals surface area contributed by atoms with Gasteiger partial charge in [-0.1, -0.05) is 0 Å². The number of amides is 1. The SMILES string of the molecule is COC(=O)[C@]1(CC2N[C@@H](C(=O)O)CCS2)CCCN1C(=O)OC(C)(C)C.